The standard InChI is InChI=1S/C34H34O9/c1-17(2)32-25(39-28(36)20-12-8-6-9-13-20)19(4)33-22-16-18(3)24(35)31(22,38)29(37)30(5)26(40-30)23(33)27(32)41-34(42-32,43-33)21-14-10-7-11-15-21/h6-16,19,22-23,25-27,29,37-38H,1H2,2-5H3/t19-,22+,23+,25+,26+,27-,29-,30+,31-,32+,33+,34-/m1/s1. The Morgan fingerprint density at radius 3 is 2.30 bits per heavy atom. The van der Waals surface area contributed by atoms with Crippen molar-refractivity contribution in [2.24, 2.45) is 17.8 Å². The summed E-state index contributed by atoms with van der Waals surface area (Å²) in [5.74, 6) is -5.32. The Kier molecular flexibility index (Phi) is 5.28. The Labute approximate surface area is 249 Å². The summed E-state index contributed by atoms with van der Waals surface area (Å²) >= 11 is 0. The number of benzene rings is 2. The van der Waals surface area contributed by atoms with Gasteiger partial charge in [0.15, 0.2) is 17.0 Å². The van der Waals surface area contributed by atoms with E-state index in [-0.39, 0.29) is 0 Å². The van der Waals surface area contributed by atoms with Gasteiger partial charge in [0.1, 0.15) is 23.9 Å². The summed E-state index contributed by atoms with van der Waals surface area (Å²) in [6, 6.07) is 17.8. The van der Waals surface area contributed by atoms with Gasteiger partial charge in [-0.3, -0.25) is 4.79 Å². The second kappa shape index (κ2) is 8.29. The van der Waals surface area contributed by atoms with Crippen LogP contribution in [-0.2, 0) is 34.5 Å². The molecule has 3 bridgehead atoms. The third-order valence-electron chi connectivity index (χ3n) is 11.1. The van der Waals surface area contributed by atoms with E-state index in [9.17, 15) is 19.8 Å². The maximum atomic E-state index is 13.8. The van der Waals surface area contributed by atoms with Gasteiger partial charge in [-0.1, -0.05) is 68.1 Å². The van der Waals surface area contributed by atoms with Crippen molar-refractivity contribution in [2.75, 3.05) is 0 Å². The van der Waals surface area contributed by atoms with Crippen molar-refractivity contribution in [3.63, 3.8) is 0 Å². The van der Waals surface area contributed by atoms with Crippen LogP contribution in [0.1, 0.15) is 43.6 Å². The second-order valence-corrected chi connectivity index (χ2v) is 13.2. The summed E-state index contributed by atoms with van der Waals surface area (Å²) < 4.78 is 33.6. The van der Waals surface area contributed by atoms with Crippen molar-refractivity contribution in [1.29, 1.82) is 0 Å². The number of epoxide rings is 1. The smallest absolute Gasteiger partial charge is 0.338 e. The van der Waals surface area contributed by atoms with Crippen molar-refractivity contribution >= 4 is 11.8 Å². The lowest BCUT2D eigenvalue weighted by Crippen LogP contribution is -2.76. The highest BCUT2D eigenvalue weighted by Crippen LogP contribution is 2.74. The van der Waals surface area contributed by atoms with E-state index >= 15 is 0 Å². The molecule has 224 valence electrons. The van der Waals surface area contributed by atoms with Gasteiger partial charge < -0.3 is 33.9 Å². The van der Waals surface area contributed by atoms with Gasteiger partial charge in [0.25, 0.3) is 0 Å². The van der Waals surface area contributed by atoms with Crippen molar-refractivity contribution in [1.82, 2.24) is 0 Å². The molecule has 3 aliphatic carbocycles. The van der Waals surface area contributed by atoms with Crippen LogP contribution in [0.3, 0.4) is 0 Å². The number of ketones is 1. The number of aliphatic hydroxyl groups is 2. The molecule has 3 saturated heterocycles. The van der Waals surface area contributed by atoms with Crippen LogP contribution in [0.5, 0.6) is 0 Å². The molecule has 2 N–H and O–H groups in total. The van der Waals surface area contributed by atoms with Gasteiger partial charge in [-0.05, 0) is 44.1 Å². The average Bonchev–Trinajstić information content (AvgIpc) is 3.55. The van der Waals surface area contributed by atoms with Crippen molar-refractivity contribution in [2.45, 2.75) is 80.5 Å². The first-order chi connectivity index (χ1) is 20.4. The quantitative estimate of drug-likeness (QED) is 0.316. The molecule has 5 fully saturated rings. The van der Waals surface area contributed by atoms with E-state index in [2.05, 4.69) is 6.58 Å². The van der Waals surface area contributed by atoms with E-state index in [1.54, 1.807) is 44.2 Å². The van der Waals surface area contributed by atoms with Crippen molar-refractivity contribution < 1.29 is 43.5 Å². The van der Waals surface area contributed by atoms with Gasteiger partial charge in [0, 0.05) is 23.3 Å². The zero-order valence-electron chi connectivity index (χ0n) is 24.4. The number of hydrogen-bond donors (Lipinski definition) is 2. The van der Waals surface area contributed by atoms with Gasteiger partial charge in [0.2, 0.25) is 0 Å². The predicted octanol–water partition coefficient (Wildman–Crippen LogP) is 3.20. The summed E-state index contributed by atoms with van der Waals surface area (Å²) in [5, 5.41) is 24.1. The van der Waals surface area contributed by atoms with Crippen LogP contribution < -0.4 is 0 Å². The van der Waals surface area contributed by atoms with Crippen molar-refractivity contribution in [3.8, 4) is 0 Å². The zero-order valence-corrected chi connectivity index (χ0v) is 24.4. The van der Waals surface area contributed by atoms with E-state index in [4.69, 9.17) is 23.7 Å². The fraction of sp³-hybridized carbons (Fsp3) is 0.471. The number of carbonyl (C=O) groups is 2. The van der Waals surface area contributed by atoms with Crippen LogP contribution in [0.2, 0.25) is 0 Å². The maximum Gasteiger partial charge on any atom is 0.338 e. The van der Waals surface area contributed by atoms with Crippen LogP contribution in [0, 0.1) is 17.8 Å². The van der Waals surface area contributed by atoms with Gasteiger partial charge in [0.05, 0.1) is 17.3 Å². The number of hydrogen-bond acceptors (Lipinski definition) is 9. The average molecular weight is 587 g/mol. The summed E-state index contributed by atoms with van der Waals surface area (Å²) in [6.45, 7) is 11.3. The summed E-state index contributed by atoms with van der Waals surface area (Å²) in [4.78, 5) is 27.5. The molecule has 0 spiro atoms. The molecule has 9 nitrogen and oxygen atoms in total. The second-order valence-electron chi connectivity index (χ2n) is 13.2. The third-order valence-corrected chi connectivity index (χ3v) is 11.1. The molecule has 0 amide bonds. The molecular weight excluding hydrogens is 552 g/mol. The predicted molar refractivity (Wildman–Crippen MR) is 150 cm³/mol. The normalized spacial score (nSPS) is 48.5. The molecule has 8 rings (SSSR count). The highest BCUT2D eigenvalue weighted by molar-refractivity contribution is 6.05. The molecule has 12 atom stereocenters. The Hall–Kier alpha value is -3.18. The molecule has 2 aromatic carbocycles. The first-order valence-electron chi connectivity index (χ1n) is 14.7. The molecule has 43 heavy (non-hydrogen) atoms. The molecule has 0 aromatic heterocycles. The molecule has 6 aliphatic rings. The van der Waals surface area contributed by atoms with E-state index in [0.29, 0.717) is 22.3 Å². The molecular formula is C34H34O9. The van der Waals surface area contributed by atoms with Gasteiger partial charge in [-0.2, -0.15) is 0 Å². The highest BCUT2D eigenvalue weighted by Gasteiger charge is 2.90. The van der Waals surface area contributed by atoms with E-state index in [1.165, 1.54) is 0 Å². The molecule has 2 saturated carbocycles. The molecule has 0 unspecified atom stereocenters. The Morgan fingerprint density at radius 1 is 1.00 bits per heavy atom. The summed E-state index contributed by atoms with van der Waals surface area (Å²) in [5.41, 5.74) is -4.59. The number of rotatable bonds is 4. The fourth-order valence-electron chi connectivity index (χ4n) is 9.01. The first-order valence-corrected chi connectivity index (χ1v) is 14.7. The zero-order chi connectivity index (χ0) is 30.3. The topological polar surface area (TPSA) is 124 Å². The van der Waals surface area contributed by atoms with E-state index in [0.717, 1.165) is 0 Å². The molecule has 9 heteroatoms. The number of ether oxygens (including phenoxy) is 5. The Morgan fingerprint density at radius 2 is 1.65 bits per heavy atom. The van der Waals surface area contributed by atoms with Crippen LogP contribution in [0.15, 0.2) is 84.5 Å². The Bertz CT molecular complexity index is 1610. The molecule has 2 aromatic rings. The highest BCUT2D eigenvalue weighted by atomic mass is 16.9. The third kappa shape index (κ3) is 2.98. The van der Waals surface area contributed by atoms with Gasteiger partial charge >= 0.3 is 11.9 Å². The largest absolute Gasteiger partial charge is 0.455 e. The molecule has 3 heterocycles. The number of fused-ring (bicyclic) bond motifs is 3. The number of Topliss-reactive ketones (excluding diaryl/α,β-unsaturated/α-hetero) is 1. The van der Waals surface area contributed by atoms with E-state index in [1.807, 2.05) is 50.2 Å². The van der Waals surface area contributed by atoms with Gasteiger partial charge in [-0.25, -0.2) is 4.79 Å². The van der Waals surface area contributed by atoms with Gasteiger partial charge in [-0.15, -0.1) is 0 Å². The van der Waals surface area contributed by atoms with Crippen molar-refractivity contribution in [3.05, 3.63) is 95.6 Å². The number of aliphatic hydroxyl groups excluding tert-OH is 1. The lowest BCUT2D eigenvalue weighted by atomic mass is 9.53. The minimum absolute atomic E-state index is 0.307. The minimum atomic E-state index is -2.26. The minimum Gasteiger partial charge on any atom is -0.455 e. The monoisotopic (exact) mass is 586 g/mol. The first kappa shape index (κ1) is 27.4. The Balaban J connectivity index is 1.40. The summed E-state index contributed by atoms with van der Waals surface area (Å²) in [7, 11) is 0. The summed E-state index contributed by atoms with van der Waals surface area (Å²) in [6.07, 6.45) is -2.37. The lowest BCUT2D eigenvalue weighted by molar-refractivity contribution is -0.440. The van der Waals surface area contributed by atoms with Crippen LogP contribution >= 0.6 is 0 Å². The molecule has 3 aliphatic heterocycles. The van der Waals surface area contributed by atoms with Crippen LogP contribution in [-0.4, -0.2) is 68.8 Å². The van der Waals surface area contributed by atoms with E-state index < -0.39 is 82.3 Å². The SMILES string of the molecule is C=C(C)[C@@]12O[C@@]3(c4ccccc4)O[C@@H]1[C@@H]1[C@@H]4O[C@]4(C)[C@@H](O)[C@]4(O)C(=O)C(C)=C[C@@H]4[C@@]1(O3)[C@H](C)[C@@H]2OC(=O)c1ccccc1. The van der Waals surface area contributed by atoms with Crippen LogP contribution in [0.4, 0.5) is 0 Å². The lowest BCUT2D eigenvalue weighted by Gasteiger charge is -2.61. The number of carbonyl (C=O) groups excluding carboxylic acids is 2. The maximum absolute atomic E-state index is 13.8. The molecule has 0 radical (unpaired) electrons. The number of esters is 1. The fourth-order valence-corrected chi connectivity index (χ4v) is 9.01. The van der Waals surface area contributed by atoms with Crippen LogP contribution in [0.25, 0.3) is 0 Å².